The molecule has 6 nitrogen and oxygen atoms in total. The van der Waals surface area contributed by atoms with Crippen LogP contribution in [0, 0.1) is 5.92 Å². The van der Waals surface area contributed by atoms with Gasteiger partial charge < -0.3 is 10.6 Å². The second-order valence-corrected chi connectivity index (χ2v) is 7.48. The lowest BCUT2D eigenvalue weighted by Gasteiger charge is -2.28. The number of nitrogens with one attached hydrogen (secondary N) is 2. The van der Waals surface area contributed by atoms with Crippen molar-refractivity contribution < 1.29 is 13.2 Å². The summed E-state index contributed by atoms with van der Waals surface area (Å²) in [6.45, 7) is 4.82. The summed E-state index contributed by atoms with van der Waals surface area (Å²) >= 11 is 0. The molecule has 4 N–H and O–H groups in total. The lowest BCUT2D eigenvalue weighted by atomic mass is 9.92. The van der Waals surface area contributed by atoms with Crippen LogP contribution >= 0.6 is 0 Å². The van der Waals surface area contributed by atoms with Crippen LogP contribution in [0.2, 0.25) is 0 Å². The predicted molar refractivity (Wildman–Crippen MR) is 84.6 cm³/mol. The van der Waals surface area contributed by atoms with Crippen molar-refractivity contribution in [1.29, 1.82) is 0 Å². The number of hydrogen-bond donors (Lipinski definition) is 3. The topological polar surface area (TPSA) is 101 Å². The van der Waals surface area contributed by atoms with Gasteiger partial charge >= 0.3 is 0 Å². The molecule has 0 saturated carbocycles. The highest BCUT2D eigenvalue weighted by Gasteiger charge is 2.25. The fraction of sp³-hybridized carbons (Fsp3) is 0.533. The summed E-state index contributed by atoms with van der Waals surface area (Å²) in [4.78, 5) is 12.4. The zero-order valence-electron chi connectivity index (χ0n) is 12.9. The van der Waals surface area contributed by atoms with Gasteiger partial charge in [-0.25, -0.2) is 13.6 Å². The molecule has 22 heavy (non-hydrogen) atoms. The van der Waals surface area contributed by atoms with Gasteiger partial charge in [0, 0.05) is 12.0 Å². The summed E-state index contributed by atoms with van der Waals surface area (Å²) in [6, 6.07) is 6.45. The first kappa shape index (κ1) is 16.9. The Morgan fingerprint density at radius 1 is 1.36 bits per heavy atom. The Morgan fingerprint density at radius 2 is 2.00 bits per heavy atom. The van der Waals surface area contributed by atoms with E-state index in [0.717, 1.165) is 24.9 Å². The highest BCUT2D eigenvalue weighted by Crippen LogP contribution is 2.20. The molecule has 0 spiro atoms. The molecule has 0 aromatic heterocycles. The van der Waals surface area contributed by atoms with Gasteiger partial charge in [-0.15, -0.1) is 0 Å². The highest BCUT2D eigenvalue weighted by atomic mass is 32.2. The van der Waals surface area contributed by atoms with E-state index in [2.05, 4.69) is 17.6 Å². The normalized spacial score (nSPS) is 23.8. The maximum Gasteiger partial charge on any atom is 0.238 e. The number of amides is 1. The van der Waals surface area contributed by atoms with Crippen LogP contribution in [0.4, 0.5) is 0 Å². The second kappa shape index (κ2) is 6.76. The molecular formula is C15H23N3O3S. The number of hydrogen-bond acceptors (Lipinski definition) is 4. The molecule has 2 rings (SSSR count). The van der Waals surface area contributed by atoms with Crippen molar-refractivity contribution in [2.75, 3.05) is 6.54 Å². The minimum atomic E-state index is -3.69. The van der Waals surface area contributed by atoms with Gasteiger partial charge in [0.05, 0.1) is 10.9 Å². The molecule has 1 aliphatic rings. The minimum absolute atomic E-state index is 0.0300. The van der Waals surface area contributed by atoms with Crippen molar-refractivity contribution in [2.24, 2.45) is 11.1 Å². The Labute approximate surface area is 131 Å². The Kier molecular flexibility index (Phi) is 5.20. The van der Waals surface area contributed by atoms with E-state index in [9.17, 15) is 13.2 Å². The van der Waals surface area contributed by atoms with Crippen molar-refractivity contribution in [3.05, 3.63) is 29.8 Å². The number of benzene rings is 1. The summed E-state index contributed by atoms with van der Waals surface area (Å²) < 4.78 is 22.5. The molecular weight excluding hydrogens is 302 g/mol. The first-order chi connectivity index (χ1) is 10.3. The number of sulfonamides is 1. The lowest BCUT2D eigenvalue weighted by molar-refractivity contribution is -0.126. The van der Waals surface area contributed by atoms with Crippen molar-refractivity contribution in [2.45, 2.75) is 43.7 Å². The van der Waals surface area contributed by atoms with Crippen molar-refractivity contribution in [3.8, 4) is 0 Å². The average molecular weight is 325 g/mol. The molecule has 1 amide bonds. The summed E-state index contributed by atoms with van der Waals surface area (Å²) in [5, 5.41) is 11.4. The van der Waals surface area contributed by atoms with E-state index < -0.39 is 10.0 Å². The maximum atomic E-state index is 12.3. The third-order valence-corrected chi connectivity index (χ3v) is 4.99. The van der Waals surface area contributed by atoms with Crippen LogP contribution in [0.5, 0.6) is 0 Å². The van der Waals surface area contributed by atoms with Gasteiger partial charge in [0.25, 0.3) is 0 Å². The van der Waals surface area contributed by atoms with E-state index in [1.165, 1.54) is 12.1 Å². The smallest absolute Gasteiger partial charge is 0.238 e. The Morgan fingerprint density at radius 3 is 2.55 bits per heavy atom. The molecule has 7 heteroatoms. The standard InChI is InChI=1S/C15H23N3O3S/c1-10-9-13(7-8-17-10)15(19)18-11(2)12-3-5-14(6-4-12)22(16,20)21/h3-6,10-11,13,17H,7-9H2,1-2H3,(H,18,19)(H2,16,20,21)/t10-,11?,13-/m0/s1. The van der Waals surface area contributed by atoms with Crippen molar-refractivity contribution in [1.82, 2.24) is 10.6 Å². The number of carbonyl (C=O) groups excluding carboxylic acids is 1. The first-order valence-electron chi connectivity index (χ1n) is 7.44. The zero-order chi connectivity index (χ0) is 16.3. The van der Waals surface area contributed by atoms with E-state index in [0.29, 0.717) is 6.04 Å². The maximum absolute atomic E-state index is 12.3. The summed E-state index contributed by atoms with van der Waals surface area (Å²) in [5.74, 6) is 0.0822. The third kappa shape index (κ3) is 4.28. The monoisotopic (exact) mass is 325 g/mol. The zero-order valence-corrected chi connectivity index (χ0v) is 13.7. The third-order valence-electron chi connectivity index (χ3n) is 4.06. The van der Waals surface area contributed by atoms with Gasteiger partial charge in [-0.1, -0.05) is 12.1 Å². The summed E-state index contributed by atoms with van der Waals surface area (Å²) in [7, 11) is -3.69. The molecule has 1 aliphatic heterocycles. The second-order valence-electron chi connectivity index (χ2n) is 5.92. The molecule has 1 fully saturated rings. The van der Waals surface area contributed by atoms with Gasteiger partial charge in [-0.05, 0) is 50.9 Å². The van der Waals surface area contributed by atoms with Crippen LogP contribution < -0.4 is 15.8 Å². The SMILES string of the molecule is CC(NC(=O)[C@H]1CCN[C@@H](C)C1)c1ccc(S(N)(=O)=O)cc1. The molecule has 3 atom stereocenters. The molecule has 1 saturated heterocycles. The fourth-order valence-corrected chi connectivity index (χ4v) is 3.25. The molecule has 1 aromatic carbocycles. The number of rotatable bonds is 4. The van der Waals surface area contributed by atoms with Crippen LogP contribution in [0.3, 0.4) is 0 Å². The van der Waals surface area contributed by atoms with E-state index in [4.69, 9.17) is 5.14 Å². The minimum Gasteiger partial charge on any atom is -0.349 e. The van der Waals surface area contributed by atoms with Crippen LogP contribution in [0.15, 0.2) is 29.2 Å². The molecule has 122 valence electrons. The Balaban J connectivity index is 1.99. The van der Waals surface area contributed by atoms with Gasteiger partial charge in [-0.3, -0.25) is 4.79 Å². The van der Waals surface area contributed by atoms with E-state index in [-0.39, 0.29) is 22.8 Å². The van der Waals surface area contributed by atoms with Crippen LogP contribution in [0.25, 0.3) is 0 Å². The van der Waals surface area contributed by atoms with Crippen molar-refractivity contribution in [3.63, 3.8) is 0 Å². The number of nitrogens with two attached hydrogens (primary N) is 1. The quantitative estimate of drug-likeness (QED) is 0.765. The molecule has 1 unspecified atom stereocenters. The molecule has 1 heterocycles. The summed E-state index contributed by atoms with van der Waals surface area (Å²) in [6.07, 6.45) is 1.68. The van der Waals surface area contributed by atoms with Crippen molar-refractivity contribution >= 4 is 15.9 Å². The lowest BCUT2D eigenvalue weighted by Crippen LogP contribution is -2.42. The Hall–Kier alpha value is -1.44. The summed E-state index contributed by atoms with van der Waals surface area (Å²) in [5.41, 5.74) is 0.850. The Bertz CT molecular complexity index is 628. The average Bonchev–Trinajstić information content (AvgIpc) is 2.46. The van der Waals surface area contributed by atoms with Gasteiger partial charge in [-0.2, -0.15) is 0 Å². The fourth-order valence-electron chi connectivity index (χ4n) is 2.73. The van der Waals surface area contributed by atoms with E-state index in [1.807, 2.05) is 6.92 Å². The van der Waals surface area contributed by atoms with Crippen LogP contribution in [-0.2, 0) is 14.8 Å². The van der Waals surface area contributed by atoms with E-state index >= 15 is 0 Å². The van der Waals surface area contributed by atoms with Gasteiger partial charge in [0.1, 0.15) is 0 Å². The molecule has 0 aliphatic carbocycles. The van der Waals surface area contributed by atoms with Gasteiger partial charge in [0.15, 0.2) is 0 Å². The molecule has 0 bridgehead atoms. The first-order valence-corrected chi connectivity index (χ1v) is 8.98. The van der Waals surface area contributed by atoms with Gasteiger partial charge in [0.2, 0.25) is 15.9 Å². The van der Waals surface area contributed by atoms with E-state index in [1.54, 1.807) is 12.1 Å². The number of primary sulfonamides is 1. The molecule has 1 aromatic rings. The van der Waals surface area contributed by atoms with Crippen LogP contribution in [0.1, 0.15) is 38.3 Å². The predicted octanol–water partition coefficient (Wildman–Crippen LogP) is 0.899. The van der Waals surface area contributed by atoms with Crippen LogP contribution in [-0.4, -0.2) is 26.9 Å². The number of carbonyl (C=O) groups is 1. The largest absolute Gasteiger partial charge is 0.349 e. The highest BCUT2D eigenvalue weighted by molar-refractivity contribution is 7.89. The molecule has 0 radical (unpaired) electrons. The number of piperidine rings is 1.